The lowest BCUT2D eigenvalue weighted by Gasteiger charge is -2.17. The molecule has 8 nitrogen and oxygen atoms in total. The molecule has 0 saturated heterocycles. The second-order valence-electron chi connectivity index (χ2n) is 7.83. The van der Waals surface area contributed by atoms with Crippen molar-refractivity contribution >= 4 is 27.6 Å². The molecule has 0 spiro atoms. The Morgan fingerprint density at radius 1 is 1.06 bits per heavy atom. The van der Waals surface area contributed by atoms with Crippen LogP contribution in [0.2, 0.25) is 0 Å². The first-order valence-electron chi connectivity index (χ1n) is 10.1. The normalized spacial score (nSPS) is 14.7. The van der Waals surface area contributed by atoms with Gasteiger partial charge >= 0.3 is 6.03 Å². The number of hydrogen-bond donors (Lipinski definition) is 3. The van der Waals surface area contributed by atoms with E-state index < -0.39 is 16.1 Å². The molecule has 0 aromatic heterocycles. The highest BCUT2D eigenvalue weighted by atomic mass is 32.2. The number of rotatable bonds is 8. The van der Waals surface area contributed by atoms with Crippen LogP contribution in [-0.4, -0.2) is 38.8 Å². The van der Waals surface area contributed by atoms with Crippen molar-refractivity contribution < 1.29 is 18.0 Å². The van der Waals surface area contributed by atoms with Gasteiger partial charge in [0.1, 0.15) is 0 Å². The van der Waals surface area contributed by atoms with Crippen molar-refractivity contribution in [2.75, 3.05) is 19.4 Å². The molecular weight excluding hydrogens is 416 g/mol. The fraction of sp³-hybridized carbons (Fsp3) is 0.364. The summed E-state index contributed by atoms with van der Waals surface area (Å²) in [6.07, 6.45) is 1.90. The third-order valence-corrected chi connectivity index (χ3v) is 7.06. The Morgan fingerprint density at radius 2 is 1.71 bits per heavy atom. The van der Waals surface area contributed by atoms with Gasteiger partial charge in [-0.05, 0) is 49.1 Å². The van der Waals surface area contributed by atoms with Gasteiger partial charge in [-0.15, -0.1) is 0 Å². The minimum atomic E-state index is -3.60. The number of amides is 3. The number of nitrogens with one attached hydrogen (secondary N) is 3. The average Bonchev–Trinajstić information content (AvgIpc) is 3.58. The van der Waals surface area contributed by atoms with Gasteiger partial charge in [0.05, 0.1) is 10.9 Å². The van der Waals surface area contributed by atoms with Crippen LogP contribution >= 0.6 is 0 Å². The van der Waals surface area contributed by atoms with Crippen molar-refractivity contribution in [3.63, 3.8) is 0 Å². The van der Waals surface area contributed by atoms with Crippen molar-refractivity contribution in [1.82, 2.24) is 14.9 Å². The molecular formula is C22H28N4O4S. The number of nitrogens with zero attached hydrogens (tertiary/aromatic N) is 1. The number of hydrogen-bond acceptors (Lipinski definition) is 4. The van der Waals surface area contributed by atoms with E-state index >= 15 is 0 Å². The Hall–Kier alpha value is -2.91. The molecule has 3 N–H and O–H groups in total. The van der Waals surface area contributed by atoms with Crippen LogP contribution in [0.25, 0.3) is 0 Å². The topological polar surface area (TPSA) is 108 Å². The van der Waals surface area contributed by atoms with Crippen molar-refractivity contribution in [1.29, 1.82) is 0 Å². The summed E-state index contributed by atoms with van der Waals surface area (Å²) in [6.45, 7) is 1.93. The predicted molar refractivity (Wildman–Crippen MR) is 119 cm³/mol. The Bertz CT molecular complexity index is 1050. The molecule has 1 aliphatic rings. The molecule has 9 heteroatoms. The quantitative estimate of drug-likeness (QED) is 0.582. The molecule has 1 saturated carbocycles. The van der Waals surface area contributed by atoms with Crippen LogP contribution in [0.5, 0.6) is 0 Å². The summed E-state index contributed by atoms with van der Waals surface area (Å²) in [5, 5.41) is 8.44. The van der Waals surface area contributed by atoms with E-state index in [0.29, 0.717) is 5.56 Å². The molecule has 1 aliphatic carbocycles. The summed E-state index contributed by atoms with van der Waals surface area (Å²) in [6, 6.07) is 13.2. The largest absolute Gasteiger partial charge is 0.334 e. The van der Waals surface area contributed by atoms with E-state index in [-0.39, 0.29) is 29.3 Å². The lowest BCUT2D eigenvalue weighted by Crippen LogP contribution is -2.37. The van der Waals surface area contributed by atoms with Gasteiger partial charge in [-0.3, -0.25) is 4.79 Å². The van der Waals surface area contributed by atoms with Crippen LogP contribution < -0.4 is 16.0 Å². The highest BCUT2D eigenvalue weighted by molar-refractivity contribution is 7.89. The maximum absolute atomic E-state index is 12.5. The zero-order valence-corrected chi connectivity index (χ0v) is 18.7. The van der Waals surface area contributed by atoms with E-state index in [2.05, 4.69) is 16.0 Å². The fourth-order valence-corrected chi connectivity index (χ4v) is 4.17. The molecule has 1 unspecified atom stereocenters. The minimum Gasteiger partial charge on any atom is -0.334 e. The maximum atomic E-state index is 12.5. The maximum Gasteiger partial charge on any atom is 0.315 e. The van der Waals surface area contributed by atoms with Crippen molar-refractivity contribution in [2.24, 2.45) is 5.92 Å². The molecule has 1 fully saturated rings. The predicted octanol–water partition coefficient (Wildman–Crippen LogP) is 2.85. The van der Waals surface area contributed by atoms with Crippen LogP contribution in [0.3, 0.4) is 0 Å². The van der Waals surface area contributed by atoms with Gasteiger partial charge in [-0.25, -0.2) is 17.5 Å². The summed E-state index contributed by atoms with van der Waals surface area (Å²) < 4.78 is 26.1. The molecule has 2 aromatic rings. The standard InChI is InChI=1S/C22H28N4O4S/c1-15(16-10-12-19(13-11-16)25-21(27)17-8-9-17)24-22(28)23-14-18-6-4-5-7-20(18)31(29,30)26(2)3/h4-7,10-13,15,17H,8-9,14H2,1-3H3,(H,25,27)(H2,23,24,28). The number of sulfonamides is 1. The second kappa shape index (κ2) is 9.49. The van der Waals surface area contributed by atoms with Crippen LogP contribution in [0, 0.1) is 5.92 Å². The molecule has 166 valence electrons. The Morgan fingerprint density at radius 3 is 2.32 bits per heavy atom. The highest BCUT2D eigenvalue weighted by Crippen LogP contribution is 2.30. The average molecular weight is 445 g/mol. The molecule has 1 atom stereocenters. The van der Waals surface area contributed by atoms with Crippen LogP contribution in [0.4, 0.5) is 10.5 Å². The van der Waals surface area contributed by atoms with E-state index in [1.165, 1.54) is 20.2 Å². The van der Waals surface area contributed by atoms with Crippen LogP contribution in [0.1, 0.15) is 36.9 Å². The van der Waals surface area contributed by atoms with Gasteiger partial charge in [0, 0.05) is 32.2 Å². The van der Waals surface area contributed by atoms with Gasteiger partial charge in [-0.1, -0.05) is 30.3 Å². The van der Waals surface area contributed by atoms with E-state index in [1.54, 1.807) is 18.2 Å². The van der Waals surface area contributed by atoms with Gasteiger partial charge in [-0.2, -0.15) is 0 Å². The van der Waals surface area contributed by atoms with Gasteiger partial charge in [0.25, 0.3) is 0 Å². The zero-order chi connectivity index (χ0) is 22.6. The number of carbonyl (C=O) groups is 2. The van der Waals surface area contributed by atoms with Crippen molar-refractivity contribution in [3.05, 3.63) is 59.7 Å². The summed E-state index contributed by atoms with van der Waals surface area (Å²) >= 11 is 0. The lowest BCUT2D eigenvalue weighted by atomic mass is 10.1. The Labute approximate surface area is 183 Å². The number of carbonyl (C=O) groups excluding carboxylic acids is 2. The number of urea groups is 1. The first kappa shape index (κ1) is 22.8. The zero-order valence-electron chi connectivity index (χ0n) is 17.9. The van der Waals surface area contributed by atoms with Crippen LogP contribution in [0.15, 0.2) is 53.4 Å². The summed E-state index contributed by atoms with van der Waals surface area (Å²) in [4.78, 5) is 24.3. The van der Waals surface area contributed by atoms with E-state index in [4.69, 9.17) is 0 Å². The second-order valence-corrected chi connectivity index (χ2v) is 9.95. The Kier molecular flexibility index (Phi) is 6.97. The van der Waals surface area contributed by atoms with E-state index in [1.807, 2.05) is 31.2 Å². The fourth-order valence-electron chi connectivity index (χ4n) is 3.05. The first-order chi connectivity index (χ1) is 14.7. The van der Waals surface area contributed by atoms with Crippen molar-refractivity contribution in [2.45, 2.75) is 37.2 Å². The third-order valence-electron chi connectivity index (χ3n) is 5.14. The molecule has 0 aliphatic heterocycles. The highest BCUT2D eigenvalue weighted by Gasteiger charge is 2.29. The molecule has 0 bridgehead atoms. The molecule has 2 aromatic carbocycles. The lowest BCUT2D eigenvalue weighted by molar-refractivity contribution is -0.117. The third kappa shape index (κ3) is 5.83. The number of benzene rings is 2. The summed E-state index contributed by atoms with van der Waals surface area (Å²) in [5.41, 5.74) is 2.13. The molecule has 0 radical (unpaired) electrons. The molecule has 3 rings (SSSR count). The monoisotopic (exact) mass is 444 g/mol. The SMILES string of the molecule is CC(NC(=O)NCc1ccccc1S(=O)(=O)N(C)C)c1ccc(NC(=O)C2CC2)cc1. The minimum absolute atomic E-state index is 0.0508. The van der Waals surface area contributed by atoms with Crippen LogP contribution in [-0.2, 0) is 21.4 Å². The van der Waals surface area contributed by atoms with E-state index in [9.17, 15) is 18.0 Å². The smallest absolute Gasteiger partial charge is 0.315 e. The molecule has 3 amide bonds. The van der Waals surface area contributed by atoms with E-state index in [0.717, 1.165) is 28.4 Å². The van der Waals surface area contributed by atoms with Gasteiger partial charge in [0.2, 0.25) is 15.9 Å². The van der Waals surface area contributed by atoms with Gasteiger partial charge < -0.3 is 16.0 Å². The van der Waals surface area contributed by atoms with Crippen molar-refractivity contribution in [3.8, 4) is 0 Å². The Balaban J connectivity index is 1.56. The number of anilines is 1. The molecule has 0 heterocycles. The molecule has 31 heavy (non-hydrogen) atoms. The first-order valence-corrected chi connectivity index (χ1v) is 11.6. The van der Waals surface area contributed by atoms with Gasteiger partial charge in [0.15, 0.2) is 0 Å². The summed E-state index contributed by atoms with van der Waals surface area (Å²) in [7, 11) is -0.667. The summed E-state index contributed by atoms with van der Waals surface area (Å²) in [5.74, 6) is 0.191.